The zero-order valence-electron chi connectivity index (χ0n) is 10.3. The molecule has 0 spiro atoms. The van der Waals surface area contributed by atoms with Gasteiger partial charge in [-0.15, -0.1) is 0 Å². The molecule has 0 radical (unpaired) electrons. The molecule has 1 aliphatic heterocycles. The van der Waals surface area contributed by atoms with E-state index in [2.05, 4.69) is 4.99 Å². The Balaban J connectivity index is 1.91. The van der Waals surface area contributed by atoms with Crippen LogP contribution in [0.1, 0.15) is 19.8 Å². The van der Waals surface area contributed by atoms with E-state index < -0.39 is 0 Å². The summed E-state index contributed by atoms with van der Waals surface area (Å²) < 4.78 is 23.7. The molecule has 0 bridgehead atoms. The van der Waals surface area contributed by atoms with E-state index in [1.807, 2.05) is 6.92 Å². The predicted octanol–water partition coefficient (Wildman–Crippen LogP) is 2.09. The molecule has 18 heavy (non-hydrogen) atoms. The average molecular weight is 252 g/mol. The maximum absolute atomic E-state index is 12.8. The highest BCUT2D eigenvalue weighted by atomic mass is 19.1. The Kier molecular flexibility index (Phi) is 4.02. The van der Waals surface area contributed by atoms with Crippen LogP contribution < -0.4 is 10.5 Å². The fourth-order valence-corrected chi connectivity index (χ4v) is 1.86. The van der Waals surface area contributed by atoms with Crippen LogP contribution in [0.4, 0.5) is 4.39 Å². The summed E-state index contributed by atoms with van der Waals surface area (Å²) in [4.78, 5) is 4.16. The van der Waals surface area contributed by atoms with E-state index in [1.165, 1.54) is 12.1 Å². The average Bonchev–Trinajstić information content (AvgIpc) is 2.77. The topological polar surface area (TPSA) is 56.8 Å². The second-order valence-corrected chi connectivity index (χ2v) is 4.27. The molecule has 0 saturated carbocycles. The first-order chi connectivity index (χ1) is 8.67. The van der Waals surface area contributed by atoms with E-state index in [-0.39, 0.29) is 24.0 Å². The van der Waals surface area contributed by atoms with Gasteiger partial charge in [0.2, 0.25) is 0 Å². The number of hydrogen-bond acceptors (Lipinski definition) is 4. The molecule has 2 rings (SSSR count). The Hall–Kier alpha value is -1.78. The van der Waals surface area contributed by atoms with Crippen LogP contribution in [0.15, 0.2) is 29.3 Å². The fraction of sp³-hybridized carbons (Fsp3) is 0.462. The van der Waals surface area contributed by atoms with Crippen molar-refractivity contribution >= 4 is 6.02 Å². The number of amidine groups is 1. The number of halogens is 1. The molecule has 1 aromatic carbocycles. The molecule has 0 aliphatic carbocycles. The van der Waals surface area contributed by atoms with Crippen molar-refractivity contribution in [3.05, 3.63) is 30.1 Å². The molecule has 2 N–H and O–H groups in total. The molecule has 0 unspecified atom stereocenters. The van der Waals surface area contributed by atoms with E-state index in [0.29, 0.717) is 12.4 Å². The molecule has 5 heteroatoms. The van der Waals surface area contributed by atoms with Gasteiger partial charge in [-0.1, -0.05) is 6.92 Å². The minimum Gasteiger partial charge on any atom is -0.490 e. The lowest BCUT2D eigenvalue weighted by Gasteiger charge is -2.19. The van der Waals surface area contributed by atoms with Gasteiger partial charge in [0.1, 0.15) is 24.3 Å². The van der Waals surface area contributed by atoms with Crippen LogP contribution >= 0.6 is 0 Å². The lowest BCUT2D eigenvalue weighted by Crippen LogP contribution is -2.22. The van der Waals surface area contributed by atoms with Crippen LogP contribution in [0, 0.1) is 5.82 Å². The first-order valence-corrected chi connectivity index (χ1v) is 6.05. The lowest BCUT2D eigenvalue weighted by molar-refractivity contribution is 0.168. The van der Waals surface area contributed by atoms with Gasteiger partial charge < -0.3 is 15.2 Å². The van der Waals surface area contributed by atoms with Gasteiger partial charge in [-0.05, 0) is 30.7 Å². The third-order valence-electron chi connectivity index (χ3n) is 2.84. The minimum absolute atomic E-state index is 0.0266. The Labute approximate surface area is 106 Å². The number of ether oxygens (including phenoxy) is 2. The summed E-state index contributed by atoms with van der Waals surface area (Å²) in [5, 5.41) is 0. The van der Waals surface area contributed by atoms with Gasteiger partial charge in [-0.3, -0.25) is 0 Å². The van der Waals surface area contributed by atoms with Crippen LogP contribution in [0.5, 0.6) is 5.75 Å². The molecule has 1 aromatic rings. The molecule has 1 aliphatic rings. The number of aliphatic imine (C=N–C) groups is 1. The van der Waals surface area contributed by atoms with Gasteiger partial charge in [0, 0.05) is 6.42 Å². The Bertz CT molecular complexity index is 420. The number of rotatable bonds is 5. The van der Waals surface area contributed by atoms with E-state index in [1.54, 1.807) is 12.1 Å². The third kappa shape index (κ3) is 3.35. The van der Waals surface area contributed by atoms with E-state index in [4.69, 9.17) is 15.2 Å². The van der Waals surface area contributed by atoms with Crippen molar-refractivity contribution in [3.63, 3.8) is 0 Å². The summed E-state index contributed by atoms with van der Waals surface area (Å²) in [6.45, 7) is 2.55. The second-order valence-electron chi connectivity index (χ2n) is 4.27. The Morgan fingerprint density at radius 2 is 2.22 bits per heavy atom. The van der Waals surface area contributed by atoms with E-state index in [9.17, 15) is 4.39 Å². The second kappa shape index (κ2) is 5.71. The van der Waals surface area contributed by atoms with Crippen LogP contribution in [-0.4, -0.2) is 24.8 Å². The van der Waals surface area contributed by atoms with Gasteiger partial charge in [0.25, 0.3) is 6.02 Å². The zero-order valence-corrected chi connectivity index (χ0v) is 10.3. The van der Waals surface area contributed by atoms with E-state index >= 15 is 0 Å². The number of benzene rings is 1. The van der Waals surface area contributed by atoms with Gasteiger partial charge in [0.15, 0.2) is 0 Å². The highest BCUT2D eigenvalue weighted by Gasteiger charge is 2.21. The summed E-state index contributed by atoms with van der Waals surface area (Å²) in [6.07, 6.45) is 1.62. The summed E-state index contributed by atoms with van der Waals surface area (Å²) in [6, 6.07) is 6.32. The van der Waals surface area contributed by atoms with Gasteiger partial charge >= 0.3 is 0 Å². The number of nitrogens with two attached hydrogens (primary N) is 1. The van der Waals surface area contributed by atoms with Crippen molar-refractivity contribution in [1.82, 2.24) is 0 Å². The van der Waals surface area contributed by atoms with Crippen molar-refractivity contribution in [2.75, 3.05) is 6.61 Å². The summed E-state index contributed by atoms with van der Waals surface area (Å²) >= 11 is 0. The molecule has 2 atom stereocenters. The van der Waals surface area contributed by atoms with Crippen LogP contribution in [0.2, 0.25) is 0 Å². The molecular formula is C13H17FN2O2. The van der Waals surface area contributed by atoms with Crippen molar-refractivity contribution < 1.29 is 13.9 Å². The standard InChI is InChI=1S/C13H17FN2O2/c1-2-11(7-10-8-17-13(15)16-10)18-12-5-3-9(14)4-6-12/h3-6,10-11H,2,7-8H2,1H3,(H2,15,16)/t10-,11+/m0/s1. The maximum atomic E-state index is 12.8. The molecule has 0 aromatic heterocycles. The van der Waals surface area contributed by atoms with Crippen molar-refractivity contribution in [1.29, 1.82) is 0 Å². The summed E-state index contributed by atoms with van der Waals surface area (Å²) in [5.74, 6) is 0.399. The molecule has 0 fully saturated rings. The SMILES string of the molecule is CC[C@H](C[C@H]1COC(N)=N1)Oc1ccc(F)cc1. The predicted molar refractivity (Wildman–Crippen MR) is 67.1 cm³/mol. The van der Waals surface area contributed by atoms with Gasteiger partial charge in [0.05, 0.1) is 6.04 Å². The first kappa shape index (κ1) is 12.7. The minimum atomic E-state index is -0.267. The third-order valence-corrected chi connectivity index (χ3v) is 2.84. The molecule has 98 valence electrons. The molecule has 1 heterocycles. The van der Waals surface area contributed by atoms with Gasteiger partial charge in [-0.25, -0.2) is 9.38 Å². The number of hydrogen-bond donors (Lipinski definition) is 1. The Morgan fingerprint density at radius 3 is 2.78 bits per heavy atom. The maximum Gasteiger partial charge on any atom is 0.282 e. The quantitative estimate of drug-likeness (QED) is 0.873. The zero-order chi connectivity index (χ0) is 13.0. The van der Waals surface area contributed by atoms with Crippen LogP contribution in [-0.2, 0) is 4.74 Å². The molecular weight excluding hydrogens is 235 g/mol. The highest BCUT2D eigenvalue weighted by Crippen LogP contribution is 2.19. The normalized spacial score (nSPS) is 20.1. The van der Waals surface area contributed by atoms with Crippen molar-refractivity contribution in [2.45, 2.75) is 31.9 Å². The van der Waals surface area contributed by atoms with Crippen molar-refractivity contribution in [2.24, 2.45) is 10.7 Å². The fourth-order valence-electron chi connectivity index (χ4n) is 1.86. The largest absolute Gasteiger partial charge is 0.490 e. The molecule has 4 nitrogen and oxygen atoms in total. The molecule has 0 amide bonds. The Morgan fingerprint density at radius 1 is 1.50 bits per heavy atom. The van der Waals surface area contributed by atoms with Crippen molar-refractivity contribution in [3.8, 4) is 5.75 Å². The summed E-state index contributed by atoms with van der Waals surface area (Å²) in [5.41, 5.74) is 5.46. The monoisotopic (exact) mass is 252 g/mol. The highest BCUT2D eigenvalue weighted by molar-refractivity contribution is 5.73. The van der Waals surface area contributed by atoms with Crippen LogP contribution in [0.3, 0.4) is 0 Å². The molecule has 0 saturated heterocycles. The van der Waals surface area contributed by atoms with E-state index in [0.717, 1.165) is 12.8 Å². The first-order valence-electron chi connectivity index (χ1n) is 6.05. The number of nitrogens with zero attached hydrogens (tertiary/aromatic N) is 1. The van der Waals surface area contributed by atoms with Gasteiger partial charge in [-0.2, -0.15) is 0 Å². The lowest BCUT2D eigenvalue weighted by atomic mass is 10.1. The van der Waals surface area contributed by atoms with Crippen LogP contribution in [0.25, 0.3) is 0 Å². The smallest absolute Gasteiger partial charge is 0.282 e. The summed E-state index contributed by atoms with van der Waals surface area (Å²) in [7, 11) is 0.